The lowest BCUT2D eigenvalue weighted by molar-refractivity contribution is -0.385. The monoisotopic (exact) mass is 467 g/mol. The molecule has 0 aliphatic heterocycles. The van der Waals surface area contributed by atoms with E-state index in [1.165, 1.54) is 0 Å². The zero-order valence-corrected chi connectivity index (χ0v) is 12.2. The van der Waals surface area contributed by atoms with Crippen molar-refractivity contribution in [1.82, 2.24) is 0 Å². The van der Waals surface area contributed by atoms with Crippen LogP contribution in [0, 0.1) is 17.3 Å². The van der Waals surface area contributed by atoms with Crippen molar-refractivity contribution in [2.75, 3.05) is 0 Å². The minimum absolute atomic E-state index is 0.151. The molecule has 1 rings (SSSR count). The largest absolute Gasteiger partial charge is 0.271 e. The zero-order chi connectivity index (χ0) is 10.0. The molecule has 6 heteroatoms. The predicted octanol–water partition coefficient (Wildman–Crippen LogP) is 3.70. The van der Waals surface area contributed by atoms with Gasteiger partial charge in [-0.1, -0.05) is 15.9 Å². The molecule has 0 N–H and O–H groups in total. The van der Waals surface area contributed by atoms with Gasteiger partial charge in [0.25, 0.3) is 5.69 Å². The summed E-state index contributed by atoms with van der Waals surface area (Å²) in [6, 6.07) is 3.17. The van der Waals surface area contributed by atoms with Gasteiger partial charge in [0.2, 0.25) is 0 Å². The Balaban J connectivity index is 3.28. The van der Waals surface area contributed by atoms with Crippen molar-refractivity contribution in [3.8, 4) is 0 Å². The second-order valence-electron chi connectivity index (χ2n) is 2.28. The molecule has 0 radical (unpaired) electrons. The summed E-state index contributed by atoms with van der Waals surface area (Å²) in [7, 11) is 0. The van der Waals surface area contributed by atoms with E-state index in [1.54, 1.807) is 12.1 Å². The van der Waals surface area contributed by atoms with Crippen molar-refractivity contribution < 1.29 is 4.92 Å². The number of nitro benzene ring substituents is 1. The van der Waals surface area contributed by atoms with Crippen molar-refractivity contribution in [1.29, 1.82) is 0 Å². The standard InChI is InChI=1S/C7H4BrI2NO2/c8-3-5-6(9)1-4(11(12)13)2-7(5)10/h1-2H,3H2. The number of hydrogen-bond donors (Lipinski definition) is 0. The Labute approximate surface area is 111 Å². The molecule has 3 nitrogen and oxygen atoms in total. The topological polar surface area (TPSA) is 43.1 Å². The Kier molecular flexibility index (Phi) is 4.36. The molecule has 0 saturated carbocycles. The normalized spacial score (nSPS) is 10.1. The first kappa shape index (κ1) is 11.6. The second kappa shape index (κ2) is 4.87. The summed E-state index contributed by atoms with van der Waals surface area (Å²) in [6.45, 7) is 0. The van der Waals surface area contributed by atoms with Gasteiger partial charge in [-0.2, -0.15) is 0 Å². The van der Waals surface area contributed by atoms with Crippen LogP contribution >= 0.6 is 61.1 Å². The lowest BCUT2D eigenvalue weighted by Crippen LogP contribution is -1.94. The molecule has 0 amide bonds. The van der Waals surface area contributed by atoms with Crippen LogP contribution in [-0.2, 0) is 5.33 Å². The maximum Gasteiger partial charge on any atom is 0.271 e. The van der Waals surface area contributed by atoms with Gasteiger partial charge in [0.15, 0.2) is 0 Å². The number of alkyl halides is 1. The summed E-state index contributed by atoms with van der Waals surface area (Å²) < 4.78 is 1.85. The van der Waals surface area contributed by atoms with E-state index in [9.17, 15) is 10.1 Å². The fourth-order valence-electron chi connectivity index (χ4n) is 0.823. The van der Waals surface area contributed by atoms with E-state index in [0.29, 0.717) is 0 Å². The Morgan fingerprint density at radius 1 is 1.38 bits per heavy atom. The molecule has 1 aromatic rings. The Hall–Kier alpha value is 0.560. The highest BCUT2D eigenvalue weighted by molar-refractivity contribution is 14.1. The summed E-state index contributed by atoms with van der Waals surface area (Å²) in [5.74, 6) is 0. The van der Waals surface area contributed by atoms with E-state index >= 15 is 0 Å². The van der Waals surface area contributed by atoms with Crippen molar-refractivity contribution in [2.24, 2.45) is 0 Å². The van der Waals surface area contributed by atoms with Gasteiger partial charge in [0, 0.05) is 24.6 Å². The average Bonchev–Trinajstić information content (AvgIpc) is 2.03. The highest BCUT2D eigenvalue weighted by atomic mass is 127. The number of benzene rings is 1. The quantitative estimate of drug-likeness (QED) is 0.288. The van der Waals surface area contributed by atoms with E-state index in [0.717, 1.165) is 18.0 Å². The fourth-order valence-corrected chi connectivity index (χ4v) is 4.59. The summed E-state index contributed by atoms with van der Waals surface area (Å²) in [4.78, 5) is 10.1. The zero-order valence-electron chi connectivity index (χ0n) is 6.26. The minimum atomic E-state index is -0.373. The summed E-state index contributed by atoms with van der Waals surface area (Å²) in [5.41, 5.74) is 1.25. The van der Waals surface area contributed by atoms with E-state index in [4.69, 9.17) is 0 Å². The highest BCUT2D eigenvalue weighted by Gasteiger charge is 2.12. The molecule has 0 aliphatic carbocycles. The summed E-state index contributed by atoms with van der Waals surface area (Å²) in [6.07, 6.45) is 0. The van der Waals surface area contributed by atoms with Crippen LogP contribution in [0.15, 0.2) is 12.1 Å². The predicted molar refractivity (Wildman–Crippen MR) is 71.2 cm³/mol. The number of nitrogens with zero attached hydrogens (tertiary/aromatic N) is 1. The molecule has 0 fully saturated rings. The van der Waals surface area contributed by atoms with E-state index < -0.39 is 0 Å². The highest BCUT2D eigenvalue weighted by Crippen LogP contribution is 2.26. The molecule has 0 heterocycles. The van der Waals surface area contributed by atoms with Crippen molar-refractivity contribution in [2.45, 2.75) is 5.33 Å². The van der Waals surface area contributed by atoms with Gasteiger partial charge < -0.3 is 0 Å². The molecule has 0 spiro atoms. The number of non-ortho nitro benzene ring substituents is 1. The fraction of sp³-hybridized carbons (Fsp3) is 0.143. The van der Waals surface area contributed by atoms with Gasteiger partial charge in [0.1, 0.15) is 0 Å². The van der Waals surface area contributed by atoms with E-state index in [1.807, 2.05) is 0 Å². The maximum atomic E-state index is 10.5. The first-order valence-corrected chi connectivity index (χ1v) is 6.52. The third kappa shape index (κ3) is 2.75. The summed E-state index contributed by atoms with van der Waals surface area (Å²) in [5, 5.41) is 11.2. The Bertz CT molecular complexity index is 333. The van der Waals surface area contributed by atoms with Crippen LogP contribution in [0.3, 0.4) is 0 Å². The molecule has 13 heavy (non-hydrogen) atoms. The van der Waals surface area contributed by atoms with Crippen LogP contribution in [0.5, 0.6) is 0 Å². The van der Waals surface area contributed by atoms with Crippen LogP contribution < -0.4 is 0 Å². The molecule has 0 saturated heterocycles. The van der Waals surface area contributed by atoms with Crippen LogP contribution in [0.4, 0.5) is 5.69 Å². The minimum Gasteiger partial charge on any atom is -0.258 e. The Morgan fingerprint density at radius 2 is 1.85 bits per heavy atom. The van der Waals surface area contributed by atoms with Gasteiger partial charge in [-0.3, -0.25) is 10.1 Å². The molecule has 0 aromatic heterocycles. The number of nitro groups is 1. The Morgan fingerprint density at radius 3 is 2.15 bits per heavy atom. The average molecular weight is 468 g/mol. The van der Waals surface area contributed by atoms with Gasteiger partial charge in [0.05, 0.1) is 4.92 Å². The van der Waals surface area contributed by atoms with Crippen molar-refractivity contribution in [3.63, 3.8) is 0 Å². The molecule has 70 valence electrons. The van der Waals surface area contributed by atoms with Crippen LogP contribution in [0.1, 0.15) is 5.56 Å². The van der Waals surface area contributed by atoms with E-state index in [2.05, 4.69) is 61.1 Å². The molecule has 0 atom stereocenters. The van der Waals surface area contributed by atoms with Crippen molar-refractivity contribution in [3.05, 3.63) is 35.0 Å². The maximum absolute atomic E-state index is 10.5. The van der Waals surface area contributed by atoms with E-state index in [-0.39, 0.29) is 10.6 Å². The molecular weight excluding hydrogens is 464 g/mol. The molecule has 0 unspecified atom stereocenters. The molecular formula is C7H4BrI2NO2. The smallest absolute Gasteiger partial charge is 0.258 e. The lowest BCUT2D eigenvalue weighted by Gasteiger charge is -2.03. The lowest BCUT2D eigenvalue weighted by atomic mass is 10.2. The van der Waals surface area contributed by atoms with Crippen LogP contribution in [-0.4, -0.2) is 4.92 Å². The number of rotatable bonds is 2. The van der Waals surface area contributed by atoms with Gasteiger partial charge in [-0.25, -0.2) is 0 Å². The first-order chi connectivity index (χ1) is 6.06. The number of hydrogen-bond acceptors (Lipinski definition) is 2. The number of halogens is 3. The van der Waals surface area contributed by atoms with Crippen LogP contribution in [0.2, 0.25) is 0 Å². The van der Waals surface area contributed by atoms with Crippen LogP contribution in [0.25, 0.3) is 0 Å². The van der Waals surface area contributed by atoms with Gasteiger partial charge in [-0.05, 0) is 50.7 Å². The molecule has 0 bridgehead atoms. The molecule has 0 aliphatic rings. The third-order valence-electron chi connectivity index (χ3n) is 1.47. The summed E-state index contributed by atoms with van der Waals surface area (Å²) >= 11 is 7.55. The SMILES string of the molecule is O=[N+]([O-])c1cc(I)c(CBr)c(I)c1. The first-order valence-electron chi connectivity index (χ1n) is 3.24. The molecule has 1 aromatic carbocycles. The second-order valence-corrected chi connectivity index (χ2v) is 5.16. The van der Waals surface area contributed by atoms with Gasteiger partial charge >= 0.3 is 0 Å². The third-order valence-corrected chi connectivity index (χ3v) is 3.96. The van der Waals surface area contributed by atoms with Gasteiger partial charge in [-0.15, -0.1) is 0 Å². The van der Waals surface area contributed by atoms with Crippen molar-refractivity contribution >= 4 is 66.8 Å².